The fourth-order valence-corrected chi connectivity index (χ4v) is 3.56. The summed E-state index contributed by atoms with van der Waals surface area (Å²) in [7, 11) is 0. The number of nitrogens with one attached hydrogen (secondary N) is 1. The minimum Gasteiger partial charge on any atom is -0.387 e. The molecule has 2 aliphatic rings. The Balaban J connectivity index is 1.56. The van der Waals surface area contributed by atoms with Crippen LogP contribution < -0.4 is 0 Å². The number of hydrogen-bond donors (Lipinski definition) is 2. The number of aromatic nitrogens is 3. The number of carbonyl (C=O) groups excluding carboxylic acids is 1. The first-order valence-electron chi connectivity index (χ1n) is 7.56. The van der Waals surface area contributed by atoms with E-state index in [4.69, 9.17) is 11.6 Å². The van der Waals surface area contributed by atoms with Gasteiger partial charge in [0.05, 0.1) is 5.60 Å². The lowest BCUT2D eigenvalue weighted by atomic mass is 9.69. The molecular formula is C14H21ClN4O2. The number of β-amino-alcohol motifs (C(OH)–C–C–N with tert-alkyl or cyclic N) is 1. The van der Waals surface area contributed by atoms with E-state index in [1.54, 1.807) is 4.90 Å². The van der Waals surface area contributed by atoms with Gasteiger partial charge in [0, 0.05) is 31.8 Å². The molecule has 0 spiro atoms. The van der Waals surface area contributed by atoms with Gasteiger partial charge in [0.25, 0.3) is 0 Å². The van der Waals surface area contributed by atoms with Crippen molar-refractivity contribution < 1.29 is 9.90 Å². The fraction of sp³-hybridized carbons (Fsp3) is 0.786. The lowest BCUT2D eigenvalue weighted by Gasteiger charge is -2.41. The van der Waals surface area contributed by atoms with Gasteiger partial charge >= 0.3 is 0 Å². The zero-order valence-electron chi connectivity index (χ0n) is 12.2. The van der Waals surface area contributed by atoms with Crippen LogP contribution in [0.15, 0.2) is 0 Å². The molecular weight excluding hydrogens is 292 g/mol. The maximum atomic E-state index is 12.3. The second kappa shape index (κ2) is 5.57. The highest BCUT2D eigenvalue weighted by atomic mass is 35.5. The highest BCUT2D eigenvalue weighted by molar-refractivity contribution is 6.28. The van der Waals surface area contributed by atoms with E-state index in [2.05, 4.69) is 15.2 Å². The lowest BCUT2D eigenvalue weighted by molar-refractivity contribution is -0.132. The molecule has 2 N–H and O–H groups in total. The molecule has 0 bridgehead atoms. The van der Waals surface area contributed by atoms with Gasteiger partial charge in [-0.3, -0.25) is 9.89 Å². The number of aryl methyl sites for hydroxylation is 1. The Kier molecular flexibility index (Phi) is 3.92. The standard InChI is InChI=1S/C14H21ClN4O2/c1-9-7-19(8-14(9,21)10-3-2-4-10)12(20)6-5-11-16-13(15)18-17-11/h9-10,21H,2-8H2,1H3,(H,16,17,18)/t9-,14+/m1/s1. The van der Waals surface area contributed by atoms with Crippen LogP contribution in [0.25, 0.3) is 0 Å². The van der Waals surface area contributed by atoms with E-state index in [0.717, 1.165) is 12.8 Å². The van der Waals surface area contributed by atoms with Gasteiger partial charge in [-0.2, -0.15) is 0 Å². The van der Waals surface area contributed by atoms with Crippen LogP contribution in [0.4, 0.5) is 0 Å². The molecule has 2 atom stereocenters. The lowest BCUT2D eigenvalue weighted by Crippen LogP contribution is -2.48. The molecule has 1 saturated carbocycles. The van der Waals surface area contributed by atoms with E-state index < -0.39 is 5.60 Å². The molecule has 0 aromatic carbocycles. The van der Waals surface area contributed by atoms with Gasteiger partial charge in [-0.1, -0.05) is 13.3 Å². The summed E-state index contributed by atoms with van der Waals surface area (Å²) < 4.78 is 0. The first-order chi connectivity index (χ1) is 9.99. The zero-order valence-corrected chi connectivity index (χ0v) is 12.9. The number of amides is 1. The summed E-state index contributed by atoms with van der Waals surface area (Å²) in [6.07, 6.45) is 4.21. The second-order valence-corrected chi connectivity index (χ2v) is 6.68. The Morgan fingerprint density at radius 1 is 1.57 bits per heavy atom. The molecule has 1 saturated heterocycles. The van der Waals surface area contributed by atoms with Gasteiger partial charge in [0.2, 0.25) is 11.2 Å². The van der Waals surface area contributed by atoms with Crippen molar-refractivity contribution in [3.63, 3.8) is 0 Å². The van der Waals surface area contributed by atoms with Crippen molar-refractivity contribution >= 4 is 17.5 Å². The minimum atomic E-state index is -0.691. The van der Waals surface area contributed by atoms with Gasteiger partial charge in [0.15, 0.2) is 0 Å². The Hall–Kier alpha value is -1.14. The summed E-state index contributed by atoms with van der Waals surface area (Å²) in [6.45, 7) is 3.15. The predicted molar refractivity (Wildman–Crippen MR) is 77.7 cm³/mol. The van der Waals surface area contributed by atoms with Crippen molar-refractivity contribution in [2.45, 2.75) is 44.6 Å². The van der Waals surface area contributed by atoms with Gasteiger partial charge in [-0.15, -0.1) is 5.10 Å². The minimum absolute atomic E-state index is 0.0598. The molecule has 1 aliphatic heterocycles. The molecule has 3 rings (SSSR count). The van der Waals surface area contributed by atoms with E-state index in [9.17, 15) is 9.90 Å². The van der Waals surface area contributed by atoms with E-state index in [0.29, 0.717) is 37.7 Å². The molecule has 1 aromatic rings. The van der Waals surface area contributed by atoms with Gasteiger partial charge in [0.1, 0.15) is 5.82 Å². The van der Waals surface area contributed by atoms with Crippen LogP contribution in [0.3, 0.4) is 0 Å². The molecule has 2 heterocycles. The highest BCUT2D eigenvalue weighted by Crippen LogP contribution is 2.44. The van der Waals surface area contributed by atoms with E-state index >= 15 is 0 Å². The smallest absolute Gasteiger partial charge is 0.242 e. The normalized spacial score (nSPS) is 29.7. The van der Waals surface area contributed by atoms with Crippen molar-refractivity contribution in [2.24, 2.45) is 11.8 Å². The van der Waals surface area contributed by atoms with Crippen molar-refractivity contribution in [3.8, 4) is 0 Å². The summed E-state index contributed by atoms with van der Waals surface area (Å²) in [6, 6.07) is 0. The topological polar surface area (TPSA) is 82.1 Å². The summed E-state index contributed by atoms with van der Waals surface area (Å²) in [5.41, 5.74) is -0.691. The van der Waals surface area contributed by atoms with Crippen LogP contribution in [-0.4, -0.2) is 49.8 Å². The van der Waals surface area contributed by atoms with Gasteiger partial charge < -0.3 is 10.0 Å². The van der Waals surface area contributed by atoms with Gasteiger partial charge in [-0.25, -0.2) is 4.98 Å². The molecule has 1 aliphatic carbocycles. The molecule has 21 heavy (non-hydrogen) atoms. The Bertz CT molecular complexity index is 531. The third-order valence-electron chi connectivity index (χ3n) is 5.04. The molecule has 0 unspecified atom stereocenters. The summed E-state index contributed by atoms with van der Waals surface area (Å²) in [5.74, 6) is 1.18. The Morgan fingerprint density at radius 2 is 2.33 bits per heavy atom. The van der Waals surface area contributed by atoms with Crippen LogP contribution in [0.1, 0.15) is 38.4 Å². The van der Waals surface area contributed by atoms with Crippen molar-refractivity contribution in [1.82, 2.24) is 20.1 Å². The molecule has 1 amide bonds. The summed E-state index contributed by atoms with van der Waals surface area (Å²) in [4.78, 5) is 18.1. The quantitative estimate of drug-likeness (QED) is 0.880. The van der Waals surface area contributed by atoms with Crippen molar-refractivity contribution in [2.75, 3.05) is 13.1 Å². The number of aliphatic hydroxyl groups is 1. The first kappa shape index (κ1) is 14.8. The molecule has 1 aromatic heterocycles. The average Bonchev–Trinajstić information content (AvgIpc) is 2.90. The van der Waals surface area contributed by atoms with Gasteiger partial charge in [-0.05, 0) is 30.4 Å². The number of rotatable bonds is 4. The number of halogens is 1. The molecule has 0 radical (unpaired) electrons. The van der Waals surface area contributed by atoms with E-state index in [1.165, 1.54) is 6.42 Å². The summed E-state index contributed by atoms with van der Waals surface area (Å²) in [5, 5.41) is 17.5. The predicted octanol–water partition coefficient (Wildman–Crippen LogP) is 1.40. The zero-order chi connectivity index (χ0) is 15.0. The summed E-state index contributed by atoms with van der Waals surface area (Å²) >= 11 is 5.63. The maximum absolute atomic E-state index is 12.3. The van der Waals surface area contributed by atoms with Crippen LogP contribution in [0.2, 0.25) is 5.28 Å². The number of aromatic amines is 1. The number of H-pyrrole nitrogens is 1. The fourth-order valence-electron chi connectivity index (χ4n) is 3.41. The maximum Gasteiger partial charge on any atom is 0.242 e. The number of likely N-dealkylation sites (tertiary alicyclic amines) is 1. The van der Waals surface area contributed by atoms with Crippen LogP contribution in [0, 0.1) is 11.8 Å². The van der Waals surface area contributed by atoms with E-state index in [1.807, 2.05) is 6.92 Å². The number of carbonyl (C=O) groups is 1. The SMILES string of the molecule is C[C@@H]1CN(C(=O)CCc2nc(Cl)n[nH]2)C[C@@]1(O)C1CCC1. The Labute approximate surface area is 128 Å². The largest absolute Gasteiger partial charge is 0.387 e. The van der Waals surface area contributed by atoms with Crippen molar-refractivity contribution in [3.05, 3.63) is 11.1 Å². The highest BCUT2D eigenvalue weighted by Gasteiger charge is 2.50. The van der Waals surface area contributed by atoms with Crippen LogP contribution in [-0.2, 0) is 11.2 Å². The third-order valence-corrected chi connectivity index (χ3v) is 5.21. The van der Waals surface area contributed by atoms with Crippen molar-refractivity contribution in [1.29, 1.82) is 0 Å². The van der Waals surface area contributed by atoms with E-state index in [-0.39, 0.29) is 17.1 Å². The number of hydrogen-bond acceptors (Lipinski definition) is 4. The van der Waals surface area contributed by atoms with Crippen LogP contribution >= 0.6 is 11.6 Å². The molecule has 2 fully saturated rings. The van der Waals surface area contributed by atoms with Crippen LogP contribution in [0.5, 0.6) is 0 Å². The Morgan fingerprint density at radius 3 is 2.90 bits per heavy atom. The molecule has 116 valence electrons. The second-order valence-electron chi connectivity index (χ2n) is 6.35. The first-order valence-corrected chi connectivity index (χ1v) is 7.94. The average molecular weight is 313 g/mol. The monoisotopic (exact) mass is 312 g/mol. The molecule has 6 nitrogen and oxygen atoms in total. The molecule has 7 heteroatoms. The number of nitrogens with zero attached hydrogens (tertiary/aromatic N) is 3. The third kappa shape index (κ3) is 2.79.